The van der Waals surface area contributed by atoms with Gasteiger partial charge in [-0.2, -0.15) is 0 Å². The highest BCUT2D eigenvalue weighted by atomic mass is 79.9. The fourth-order valence-corrected chi connectivity index (χ4v) is 2.24. The third-order valence-corrected chi connectivity index (χ3v) is 3.10. The third-order valence-electron chi connectivity index (χ3n) is 1.65. The van der Waals surface area contributed by atoms with Crippen LogP contribution in [0.3, 0.4) is 0 Å². The van der Waals surface area contributed by atoms with Crippen molar-refractivity contribution in [3.05, 3.63) is 26.3 Å². The average Bonchev–Trinajstić information content (AvgIpc) is 2.14. The molecule has 1 heterocycles. The number of hydrogen-bond donors (Lipinski definition) is 1. The highest BCUT2D eigenvalue weighted by molar-refractivity contribution is 9.10. The molecule has 0 spiro atoms. The van der Waals surface area contributed by atoms with E-state index in [0.29, 0.717) is 6.07 Å². The van der Waals surface area contributed by atoms with E-state index in [1.807, 2.05) is 0 Å². The molecule has 0 aliphatic rings. The van der Waals surface area contributed by atoms with E-state index < -0.39 is 42.3 Å². The van der Waals surface area contributed by atoms with Crippen molar-refractivity contribution >= 4 is 31.6 Å². The quantitative estimate of drug-likeness (QED) is 0.509. The number of rotatable bonds is 3. The number of pyridine rings is 1. The number of nitro groups is 1. The maximum absolute atomic E-state index is 12.5. The summed E-state index contributed by atoms with van der Waals surface area (Å²) in [6.45, 7) is 0. The first-order chi connectivity index (χ1) is 7.64. The van der Waals surface area contributed by atoms with Crippen molar-refractivity contribution in [2.75, 3.05) is 0 Å². The van der Waals surface area contributed by atoms with Crippen LogP contribution in [0.1, 0.15) is 12.0 Å². The van der Waals surface area contributed by atoms with Crippen LogP contribution in [0.4, 0.5) is 14.5 Å². The molecule has 0 unspecified atom stereocenters. The van der Waals surface area contributed by atoms with Gasteiger partial charge in [-0.15, -0.1) is 0 Å². The Balaban J connectivity index is 3.64. The first-order valence-corrected chi connectivity index (χ1v) is 6.14. The Morgan fingerprint density at radius 2 is 2.06 bits per heavy atom. The molecule has 0 fully saturated rings. The van der Waals surface area contributed by atoms with E-state index in [0.717, 1.165) is 0 Å². The molecule has 1 rings (SSSR count). The molecular formula is C6H4BrF2N3O4S. The van der Waals surface area contributed by atoms with Gasteiger partial charge in [0, 0.05) is 6.07 Å². The van der Waals surface area contributed by atoms with E-state index in [2.05, 4.69) is 26.1 Å². The van der Waals surface area contributed by atoms with Gasteiger partial charge in [-0.3, -0.25) is 10.1 Å². The SMILES string of the molecule is NS(=O)(=O)c1nc(Br)c([N+](=O)[O-])cc1C(F)F. The van der Waals surface area contributed by atoms with Crippen molar-refractivity contribution in [3.8, 4) is 0 Å². The van der Waals surface area contributed by atoms with Crippen molar-refractivity contribution in [2.24, 2.45) is 5.14 Å². The molecule has 0 saturated heterocycles. The van der Waals surface area contributed by atoms with Gasteiger partial charge in [-0.1, -0.05) is 0 Å². The molecular weight excluding hydrogens is 328 g/mol. The molecule has 1 aromatic heterocycles. The molecule has 0 amide bonds. The molecule has 1 aromatic rings. The number of nitrogens with two attached hydrogens (primary N) is 1. The van der Waals surface area contributed by atoms with Gasteiger partial charge in [0.25, 0.3) is 16.4 Å². The summed E-state index contributed by atoms with van der Waals surface area (Å²) < 4.78 is 46.5. The van der Waals surface area contributed by atoms with Crippen molar-refractivity contribution < 1.29 is 22.1 Å². The molecule has 17 heavy (non-hydrogen) atoms. The highest BCUT2D eigenvalue weighted by Gasteiger charge is 2.28. The van der Waals surface area contributed by atoms with Gasteiger partial charge in [0.2, 0.25) is 0 Å². The minimum atomic E-state index is -4.49. The number of nitrogens with zero attached hydrogens (tertiary/aromatic N) is 2. The summed E-state index contributed by atoms with van der Waals surface area (Å²) >= 11 is 2.61. The standard InChI is InChI=1S/C6H4BrF2N3O4S/c7-4-3(12(13)14)1-2(5(8)9)6(11-4)17(10,15)16/h1,5H,(H2,10,15,16). The van der Waals surface area contributed by atoms with Crippen molar-refractivity contribution in [1.82, 2.24) is 4.98 Å². The molecule has 7 nitrogen and oxygen atoms in total. The Bertz CT molecular complexity index is 577. The molecule has 2 N–H and O–H groups in total. The Kier molecular flexibility index (Phi) is 3.74. The molecule has 0 aliphatic heterocycles. The maximum Gasteiger partial charge on any atom is 0.302 e. The van der Waals surface area contributed by atoms with Crippen LogP contribution in [0.2, 0.25) is 0 Å². The lowest BCUT2D eigenvalue weighted by Crippen LogP contribution is -2.17. The van der Waals surface area contributed by atoms with Gasteiger partial charge in [-0.05, 0) is 15.9 Å². The van der Waals surface area contributed by atoms with Crippen molar-refractivity contribution in [1.29, 1.82) is 0 Å². The van der Waals surface area contributed by atoms with E-state index in [-0.39, 0.29) is 0 Å². The Morgan fingerprint density at radius 3 is 2.41 bits per heavy atom. The second-order valence-corrected chi connectivity index (χ2v) is 5.02. The second-order valence-electron chi connectivity index (χ2n) is 2.80. The van der Waals surface area contributed by atoms with Gasteiger partial charge in [0.1, 0.15) is 0 Å². The minimum Gasteiger partial charge on any atom is -0.258 e. The van der Waals surface area contributed by atoms with Gasteiger partial charge < -0.3 is 0 Å². The van der Waals surface area contributed by atoms with E-state index in [9.17, 15) is 27.3 Å². The summed E-state index contributed by atoms with van der Waals surface area (Å²) in [6, 6.07) is 0.418. The van der Waals surface area contributed by atoms with Gasteiger partial charge in [-0.25, -0.2) is 27.3 Å². The molecule has 0 aromatic carbocycles. The van der Waals surface area contributed by atoms with Gasteiger partial charge in [0.15, 0.2) is 9.63 Å². The molecule has 0 saturated carbocycles. The van der Waals surface area contributed by atoms with E-state index in [1.165, 1.54) is 0 Å². The summed E-state index contributed by atoms with van der Waals surface area (Å²) in [5.41, 5.74) is -1.88. The van der Waals surface area contributed by atoms with Crippen LogP contribution < -0.4 is 5.14 Å². The van der Waals surface area contributed by atoms with Gasteiger partial charge in [0.05, 0.1) is 10.5 Å². The van der Waals surface area contributed by atoms with E-state index >= 15 is 0 Å². The molecule has 0 aliphatic carbocycles. The summed E-state index contributed by atoms with van der Waals surface area (Å²) in [5.74, 6) is 0. The predicted molar refractivity (Wildman–Crippen MR) is 54.9 cm³/mol. The fourth-order valence-electron chi connectivity index (χ4n) is 0.992. The predicted octanol–water partition coefficient (Wildman–Crippen LogP) is 1.34. The van der Waals surface area contributed by atoms with Crippen LogP contribution in [-0.2, 0) is 10.0 Å². The lowest BCUT2D eigenvalue weighted by atomic mass is 10.3. The summed E-state index contributed by atoms with van der Waals surface area (Å²) in [4.78, 5) is 12.7. The van der Waals surface area contributed by atoms with Crippen LogP contribution in [-0.4, -0.2) is 18.3 Å². The molecule has 11 heteroatoms. The Labute approximate surface area is 102 Å². The van der Waals surface area contributed by atoms with Crippen molar-refractivity contribution in [3.63, 3.8) is 0 Å². The smallest absolute Gasteiger partial charge is 0.258 e. The zero-order valence-corrected chi connectivity index (χ0v) is 10.2. The Morgan fingerprint density at radius 1 is 1.53 bits per heavy atom. The first-order valence-electron chi connectivity index (χ1n) is 3.80. The summed E-state index contributed by atoms with van der Waals surface area (Å²) in [6.07, 6.45) is -3.25. The van der Waals surface area contributed by atoms with E-state index in [4.69, 9.17) is 0 Å². The number of sulfonamides is 1. The second kappa shape index (κ2) is 4.58. The number of aromatic nitrogens is 1. The fraction of sp³-hybridized carbons (Fsp3) is 0.167. The zero-order chi connectivity index (χ0) is 13.4. The van der Waals surface area contributed by atoms with Crippen LogP contribution in [0, 0.1) is 10.1 Å². The molecule has 94 valence electrons. The lowest BCUT2D eigenvalue weighted by Gasteiger charge is -2.06. The lowest BCUT2D eigenvalue weighted by molar-refractivity contribution is -0.386. The van der Waals surface area contributed by atoms with Gasteiger partial charge >= 0.3 is 5.69 Å². The number of alkyl halides is 2. The van der Waals surface area contributed by atoms with Crippen LogP contribution in [0.15, 0.2) is 15.7 Å². The molecule has 0 bridgehead atoms. The monoisotopic (exact) mass is 331 g/mol. The maximum atomic E-state index is 12.5. The minimum absolute atomic E-state index is 0.418. The van der Waals surface area contributed by atoms with Crippen LogP contribution >= 0.6 is 15.9 Å². The summed E-state index contributed by atoms with van der Waals surface area (Å²) in [7, 11) is -4.49. The number of halogens is 3. The summed E-state index contributed by atoms with van der Waals surface area (Å²) in [5, 5.41) is 14.1. The average molecular weight is 332 g/mol. The Hall–Kier alpha value is -1.20. The van der Waals surface area contributed by atoms with Crippen molar-refractivity contribution in [2.45, 2.75) is 11.5 Å². The normalized spacial score (nSPS) is 11.8. The zero-order valence-electron chi connectivity index (χ0n) is 7.80. The topological polar surface area (TPSA) is 116 Å². The first kappa shape index (κ1) is 13.9. The van der Waals surface area contributed by atoms with Crippen LogP contribution in [0.25, 0.3) is 0 Å². The number of primary sulfonamides is 1. The number of hydrogen-bond acceptors (Lipinski definition) is 5. The molecule has 0 radical (unpaired) electrons. The third kappa shape index (κ3) is 2.92. The highest BCUT2D eigenvalue weighted by Crippen LogP contribution is 2.32. The largest absolute Gasteiger partial charge is 0.302 e. The van der Waals surface area contributed by atoms with E-state index in [1.54, 1.807) is 0 Å². The van der Waals surface area contributed by atoms with Crippen LogP contribution in [0.5, 0.6) is 0 Å². The molecule has 0 atom stereocenters.